The minimum atomic E-state index is 0.0959. The van der Waals surface area contributed by atoms with Crippen molar-refractivity contribution in [3.8, 4) is 45.3 Å². The molecule has 10 aromatic rings. The van der Waals surface area contributed by atoms with Crippen LogP contribution in [0, 0.1) is 0 Å². The molecule has 12 rings (SSSR count). The van der Waals surface area contributed by atoms with Crippen molar-refractivity contribution >= 4 is 59.9 Å². The fourth-order valence-electron chi connectivity index (χ4n) is 8.91. The van der Waals surface area contributed by atoms with E-state index in [-0.39, 0.29) is 12.0 Å². The lowest BCUT2D eigenvalue weighted by Gasteiger charge is -2.30. The minimum Gasteiger partial charge on any atom is -0.456 e. The zero-order valence-electron chi connectivity index (χ0n) is 30.6. The SMILES string of the molecule is C1=CC2C(c3ccccc3N2c2ccccc2)c2c1oc1c(-c3nc(-c4ccc(-c5ccccc5)cc4)nc(-c4ccc5c(c4)sc4ccccc45)n3)cccc21. The average molecular weight is 749 g/mol. The summed E-state index contributed by atoms with van der Waals surface area (Å²) in [5.74, 6) is 2.79. The first-order chi connectivity index (χ1) is 28.2. The van der Waals surface area contributed by atoms with E-state index in [9.17, 15) is 0 Å². The van der Waals surface area contributed by atoms with Gasteiger partial charge in [-0.2, -0.15) is 0 Å². The number of benzene rings is 7. The average Bonchev–Trinajstić information content (AvgIpc) is 3.96. The van der Waals surface area contributed by atoms with Crippen molar-refractivity contribution in [1.29, 1.82) is 0 Å². The van der Waals surface area contributed by atoms with Crippen LogP contribution in [0.3, 0.4) is 0 Å². The highest BCUT2D eigenvalue weighted by Crippen LogP contribution is 2.54. The van der Waals surface area contributed by atoms with Gasteiger partial charge in [0.25, 0.3) is 0 Å². The number of nitrogens with zero attached hydrogens (tertiary/aromatic N) is 4. The number of para-hydroxylation sites is 3. The van der Waals surface area contributed by atoms with Gasteiger partial charge < -0.3 is 9.32 Å². The predicted octanol–water partition coefficient (Wildman–Crippen LogP) is 13.3. The molecule has 0 spiro atoms. The number of hydrogen-bond acceptors (Lipinski definition) is 6. The van der Waals surface area contributed by atoms with Crippen LogP contribution in [0.2, 0.25) is 0 Å². The van der Waals surface area contributed by atoms with Crippen molar-refractivity contribution in [3.63, 3.8) is 0 Å². The molecule has 7 aromatic carbocycles. The summed E-state index contributed by atoms with van der Waals surface area (Å²) in [5.41, 5.74) is 10.7. The zero-order valence-corrected chi connectivity index (χ0v) is 31.4. The van der Waals surface area contributed by atoms with Gasteiger partial charge in [-0.25, -0.2) is 15.0 Å². The molecule has 0 saturated heterocycles. The third-order valence-corrected chi connectivity index (χ3v) is 12.6. The largest absolute Gasteiger partial charge is 0.456 e. The smallest absolute Gasteiger partial charge is 0.167 e. The molecule has 0 N–H and O–H groups in total. The molecule has 6 heteroatoms. The van der Waals surface area contributed by atoms with Crippen LogP contribution in [0.5, 0.6) is 0 Å². The molecule has 2 unspecified atom stereocenters. The topological polar surface area (TPSA) is 55.1 Å². The Morgan fingerprint density at radius 2 is 1.16 bits per heavy atom. The summed E-state index contributed by atoms with van der Waals surface area (Å²) in [6.07, 6.45) is 4.45. The minimum absolute atomic E-state index is 0.0959. The molecule has 57 heavy (non-hydrogen) atoms. The zero-order chi connectivity index (χ0) is 37.5. The van der Waals surface area contributed by atoms with Crippen LogP contribution in [0.1, 0.15) is 22.8 Å². The Balaban J connectivity index is 1.02. The number of furan rings is 1. The van der Waals surface area contributed by atoms with E-state index < -0.39 is 0 Å². The summed E-state index contributed by atoms with van der Waals surface area (Å²) >= 11 is 1.79. The molecule has 1 aliphatic heterocycles. The van der Waals surface area contributed by atoms with E-state index >= 15 is 0 Å². The van der Waals surface area contributed by atoms with Gasteiger partial charge in [0.05, 0.1) is 11.6 Å². The third kappa shape index (κ3) is 5.11. The second-order valence-electron chi connectivity index (χ2n) is 14.7. The maximum absolute atomic E-state index is 6.88. The number of thiophene rings is 1. The number of fused-ring (bicyclic) bond motifs is 10. The molecule has 0 radical (unpaired) electrons. The highest BCUT2D eigenvalue weighted by molar-refractivity contribution is 7.25. The van der Waals surface area contributed by atoms with Crippen molar-refractivity contribution in [2.24, 2.45) is 0 Å². The van der Waals surface area contributed by atoms with Crippen LogP contribution < -0.4 is 4.90 Å². The standard InChI is InChI=1S/C51H32N4OS/c1-3-12-31(13-4-1)32-22-24-33(25-23-32)49-52-50(34-26-27-37-36-16-8-10-21-44(36)57-45(37)30-34)54-51(53-49)40-19-11-18-39-47-43(56-48(39)40)29-28-42-46(47)38-17-7-9-20-41(38)55(42)35-14-5-2-6-15-35/h1-30,42,46H. The van der Waals surface area contributed by atoms with Crippen LogP contribution in [0.4, 0.5) is 11.4 Å². The van der Waals surface area contributed by atoms with Crippen molar-refractivity contribution in [3.05, 3.63) is 193 Å². The Kier molecular flexibility index (Phi) is 7.16. The summed E-state index contributed by atoms with van der Waals surface area (Å²) in [6, 6.07) is 60.0. The van der Waals surface area contributed by atoms with E-state index in [4.69, 9.17) is 19.4 Å². The molecule has 3 aromatic heterocycles. The second kappa shape index (κ2) is 12.7. The molecule has 0 saturated carbocycles. The third-order valence-electron chi connectivity index (χ3n) is 11.5. The van der Waals surface area contributed by atoms with Gasteiger partial charge in [-0.3, -0.25) is 0 Å². The van der Waals surface area contributed by atoms with E-state index in [2.05, 4.69) is 181 Å². The van der Waals surface area contributed by atoms with Crippen molar-refractivity contribution < 1.29 is 4.42 Å². The van der Waals surface area contributed by atoms with Crippen LogP contribution in [0.15, 0.2) is 180 Å². The van der Waals surface area contributed by atoms with E-state index in [1.54, 1.807) is 11.3 Å². The van der Waals surface area contributed by atoms with Gasteiger partial charge in [0.15, 0.2) is 17.5 Å². The van der Waals surface area contributed by atoms with Crippen LogP contribution in [-0.4, -0.2) is 21.0 Å². The van der Waals surface area contributed by atoms with Gasteiger partial charge >= 0.3 is 0 Å². The molecule has 0 fully saturated rings. The molecule has 268 valence electrons. The lowest BCUT2D eigenvalue weighted by atomic mass is 9.82. The van der Waals surface area contributed by atoms with Crippen LogP contribution >= 0.6 is 11.3 Å². The predicted molar refractivity (Wildman–Crippen MR) is 234 cm³/mol. The maximum Gasteiger partial charge on any atom is 0.167 e. The molecule has 2 atom stereocenters. The molecule has 2 aliphatic rings. The Morgan fingerprint density at radius 1 is 0.509 bits per heavy atom. The number of hydrogen-bond donors (Lipinski definition) is 0. The second-order valence-corrected chi connectivity index (χ2v) is 15.8. The lowest BCUT2D eigenvalue weighted by Crippen LogP contribution is -2.30. The molecule has 0 bridgehead atoms. The Bertz CT molecular complexity index is 3200. The number of rotatable bonds is 5. The summed E-state index contributed by atoms with van der Waals surface area (Å²) in [6.45, 7) is 0. The Morgan fingerprint density at radius 3 is 2.02 bits per heavy atom. The van der Waals surface area contributed by atoms with Crippen LogP contribution in [0.25, 0.3) is 82.5 Å². The summed E-state index contributed by atoms with van der Waals surface area (Å²) in [5, 5.41) is 3.58. The van der Waals surface area contributed by atoms with E-state index in [1.807, 2.05) is 6.07 Å². The van der Waals surface area contributed by atoms with Crippen molar-refractivity contribution in [1.82, 2.24) is 15.0 Å². The van der Waals surface area contributed by atoms with Gasteiger partial charge in [0.1, 0.15) is 11.3 Å². The van der Waals surface area contributed by atoms with Gasteiger partial charge in [-0.15, -0.1) is 11.3 Å². The summed E-state index contributed by atoms with van der Waals surface area (Å²) in [4.78, 5) is 18.0. The van der Waals surface area contributed by atoms with Gasteiger partial charge in [-0.05, 0) is 59.2 Å². The van der Waals surface area contributed by atoms with Gasteiger partial charge in [0.2, 0.25) is 0 Å². The fraction of sp³-hybridized carbons (Fsp3) is 0.0392. The molecule has 0 amide bonds. The summed E-state index contributed by atoms with van der Waals surface area (Å²) in [7, 11) is 0. The molecular formula is C51H32N4OS. The number of anilines is 2. The highest BCUT2D eigenvalue weighted by Gasteiger charge is 2.43. The molecule has 1 aliphatic carbocycles. The van der Waals surface area contributed by atoms with E-state index in [0.29, 0.717) is 17.5 Å². The first-order valence-electron chi connectivity index (χ1n) is 19.3. The summed E-state index contributed by atoms with van der Waals surface area (Å²) < 4.78 is 9.35. The highest BCUT2D eigenvalue weighted by atomic mass is 32.1. The Hall–Kier alpha value is -7.15. The van der Waals surface area contributed by atoms with Crippen LogP contribution in [-0.2, 0) is 0 Å². The van der Waals surface area contributed by atoms with E-state index in [0.717, 1.165) is 39.0 Å². The lowest BCUT2D eigenvalue weighted by molar-refractivity contribution is 0.584. The Labute approximate surface area is 332 Å². The van der Waals surface area contributed by atoms with E-state index in [1.165, 1.54) is 48.2 Å². The van der Waals surface area contributed by atoms with Crippen molar-refractivity contribution in [2.75, 3.05) is 4.90 Å². The van der Waals surface area contributed by atoms with Crippen molar-refractivity contribution in [2.45, 2.75) is 12.0 Å². The molecule has 5 nitrogen and oxygen atoms in total. The first-order valence-corrected chi connectivity index (χ1v) is 20.1. The maximum atomic E-state index is 6.88. The monoisotopic (exact) mass is 748 g/mol. The first kappa shape index (κ1) is 32.1. The quantitative estimate of drug-likeness (QED) is 0.175. The normalized spacial score (nSPS) is 15.6. The fourth-order valence-corrected chi connectivity index (χ4v) is 10.1. The van der Waals surface area contributed by atoms with Gasteiger partial charge in [-0.1, -0.05) is 140 Å². The molecular weight excluding hydrogens is 717 g/mol. The molecule has 4 heterocycles. The van der Waals surface area contributed by atoms with Gasteiger partial charge in [0, 0.05) is 59.5 Å². The number of aromatic nitrogens is 3.